The van der Waals surface area contributed by atoms with E-state index in [9.17, 15) is 4.79 Å². The molecular formula is C26H26ClNO2. The van der Waals surface area contributed by atoms with E-state index in [2.05, 4.69) is 39.0 Å². The summed E-state index contributed by atoms with van der Waals surface area (Å²) >= 11 is 6.03. The van der Waals surface area contributed by atoms with Crippen molar-refractivity contribution in [1.82, 2.24) is 0 Å². The first-order chi connectivity index (χ1) is 14.3. The van der Waals surface area contributed by atoms with E-state index in [1.165, 1.54) is 5.56 Å². The van der Waals surface area contributed by atoms with Crippen molar-refractivity contribution in [3.8, 4) is 5.75 Å². The Bertz CT molecular complexity index is 1070. The van der Waals surface area contributed by atoms with Gasteiger partial charge in [-0.2, -0.15) is 0 Å². The highest BCUT2D eigenvalue weighted by atomic mass is 35.5. The number of anilines is 1. The molecule has 3 aromatic rings. The van der Waals surface area contributed by atoms with Gasteiger partial charge in [-0.05, 0) is 73.9 Å². The van der Waals surface area contributed by atoms with Gasteiger partial charge in [-0.15, -0.1) is 0 Å². The number of hydrogen-bond donors (Lipinski definition) is 0. The van der Waals surface area contributed by atoms with Crippen LogP contribution in [0.4, 0.5) is 5.69 Å². The molecule has 0 unspecified atom stereocenters. The van der Waals surface area contributed by atoms with Crippen molar-refractivity contribution in [2.24, 2.45) is 0 Å². The van der Waals surface area contributed by atoms with Gasteiger partial charge in [0.05, 0.1) is 7.11 Å². The number of ether oxygens (including phenoxy) is 1. The molecule has 3 aromatic carbocycles. The molecule has 0 aromatic heterocycles. The summed E-state index contributed by atoms with van der Waals surface area (Å²) in [5, 5.41) is 0.622. The van der Waals surface area contributed by atoms with Crippen LogP contribution in [0.3, 0.4) is 0 Å². The maximum atomic E-state index is 13.6. The summed E-state index contributed by atoms with van der Waals surface area (Å²) < 4.78 is 5.34. The fourth-order valence-corrected chi connectivity index (χ4v) is 4.95. The number of amides is 1. The van der Waals surface area contributed by atoms with E-state index >= 15 is 0 Å². The van der Waals surface area contributed by atoms with Crippen LogP contribution in [0.15, 0.2) is 72.8 Å². The minimum Gasteiger partial charge on any atom is -0.497 e. The molecular weight excluding hydrogens is 394 g/mol. The molecule has 0 saturated carbocycles. The third-order valence-electron chi connectivity index (χ3n) is 6.15. The second kappa shape index (κ2) is 7.48. The number of nitrogens with zero attached hydrogens (tertiary/aromatic N) is 1. The Hall–Kier alpha value is -2.78. The molecule has 154 valence electrons. The number of hydrogen-bond acceptors (Lipinski definition) is 2. The zero-order valence-corrected chi connectivity index (χ0v) is 18.5. The minimum absolute atomic E-state index is 0.0131. The molecule has 0 bridgehead atoms. The normalized spacial score (nSPS) is 19.8. The predicted octanol–water partition coefficient (Wildman–Crippen LogP) is 6.48. The number of rotatable bonds is 3. The molecule has 0 spiro atoms. The molecule has 30 heavy (non-hydrogen) atoms. The average Bonchev–Trinajstić information content (AvgIpc) is 2.73. The highest BCUT2D eigenvalue weighted by molar-refractivity contribution is 6.30. The lowest BCUT2D eigenvalue weighted by atomic mass is 9.65. The Morgan fingerprint density at radius 3 is 2.20 bits per heavy atom. The maximum Gasteiger partial charge on any atom is 0.258 e. The Labute approximate surface area is 183 Å². The fourth-order valence-electron chi connectivity index (χ4n) is 4.82. The molecule has 0 radical (unpaired) electrons. The van der Waals surface area contributed by atoms with E-state index in [0.717, 1.165) is 23.4 Å². The summed E-state index contributed by atoms with van der Waals surface area (Å²) in [6.45, 7) is 6.54. The summed E-state index contributed by atoms with van der Waals surface area (Å²) in [5.41, 5.74) is 3.32. The van der Waals surface area contributed by atoms with E-state index in [0.29, 0.717) is 10.6 Å². The lowest BCUT2D eigenvalue weighted by Crippen LogP contribution is -2.55. The summed E-state index contributed by atoms with van der Waals surface area (Å²) in [7, 11) is 1.68. The predicted molar refractivity (Wildman–Crippen MR) is 123 cm³/mol. The lowest BCUT2D eigenvalue weighted by Gasteiger charge is -2.51. The van der Waals surface area contributed by atoms with Crippen LogP contribution < -0.4 is 9.64 Å². The van der Waals surface area contributed by atoms with E-state index < -0.39 is 0 Å². The number of benzene rings is 3. The zero-order chi connectivity index (χ0) is 21.5. The summed E-state index contributed by atoms with van der Waals surface area (Å²) in [6, 6.07) is 23.6. The molecule has 4 heteroatoms. The smallest absolute Gasteiger partial charge is 0.258 e. The lowest BCUT2D eigenvalue weighted by molar-refractivity contribution is 0.0948. The number of fused-ring (bicyclic) bond motifs is 1. The van der Waals surface area contributed by atoms with Gasteiger partial charge in [-0.1, -0.05) is 48.9 Å². The first kappa shape index (κ1) is 20.5. The second-order valence-corrected chi connectivity index (χ2v) is 9.15. The molecule has 3 nitrogen and oxygen atoms in total. The van der Waals surface area contributed by atoms with Gasteiger partial charge in [0.25, 0.3) is 5.91 Å². The van der Waals surface area contributed by atoms with Gasteiger partial charge in [0.1, 0.15) is 5.75 Å². The van der Waals surface area contributed by atoms with Crippen LogP contribution in [0, 0.1) is 0 Å². The van der Waals surface area contributed by atoms with Gasteiger partial charge in [-0.3, -0.25) is 4.79 Å². The van der Waals surface area contributed by atoms with E-state index in [1.54, 1.807) is 31.4 Å². The SMILES string of the molecule is COc1ccc([C@]2(C)CC(C)(C)N(C(=O)c3ccc(Cl)cc3)c3ccccc32)cc1. The highest BCUT2D eigenvalue weighted by Crippen LogP contribution is 2.50. The third-order valence-corrected chi connectivity index (χ3v) is 6.40. The standard InChI is InChI=1S/C26H26ClNO2/c1-25(2)17-26(3,19-11-15-21(30-4)16-12-19)22-7-5-6-8-23(22)28(25)24(29)18-9-13-20(27)14-10-18/h5-16H,17H2,1-4H3/t26-/m0/s1. The van der Waals surface area contributed by atoms with E-state index in [1.807, 2.05) is 35.2 Å². The van der Waals surface area contributed by atoms with Gasteiger partial charge in [-0.25, -0.2) is 0 Å². The Morgan fingerprint density at radius 1 is 0.933 bits per heavy atom. The molecule has 1 heterocycles. The van der Waals surface area contributed by atoms with Crippen molar-refractivity contribution in [2.45, 2.75) is 38.1 Å². The van der Waals surface area contributed by atoms with E-state index in [4.69, 9.17) is 16.3 Å². The molecule has 1 atom stereocenters. The number of carbonyl (C=O) groups is 1. The molecule has 1 aliphatic rings. The molecule has 4 rings (SSSR count). The van der Waals surface area contributed by atoms with Crippen molar-refractivity contribution >= 4 is 23.2 Å². The second-order valence-electron chi connectivity index (χ2n) is 8.71. The summed E-state index contributed by atoms with van der Waals surface area (Å²) in [5.74, 6) is 0.825. The molecule has 0 saturated heterocycles. The molecule has 0 fully saturated rings. The van der Waals surface area contributed by atoms with Crippen LogP contribution in [0.1, 0.15) is 48.7 Å². The topological polar surface area (TPSA) is 29.5 Å². The molecule has 0 aliphatic carbocycles. The van der Waals surface area contributed by atoms with Crippen LogP contribution in [0.5, 0.6) is 5.75 Å². The monoisotopic (exact) mass is 419 g/mol. The van der Waals surface area contributed by atoms with Crippen LogP contribution in [-0.2, 0) is 5.41 Å². The van der Waals surface area contributed by atoms with Crippen LogP contribution in [0.25, 0.3) is 0 Å². The number of halogens is 1. The molecule has 1 amide bonds. The largest absolute Gasteiger partial charge is 0.497 e. The quantitative estimate of drug-likeness (QED) is 0.486. The Balaban J connectivity index is 1.85. The van der Waals surface area contributed by atoms with Gasteiger partial charge in [0, 0.05) is 27.2 Å². The van der Waals surface area contributed by atoms with Gasteiger partial charge in [0.2, 0.25) is 0 Å². The summed E-state index contributed by atoms with van der Waals surface area (Å²) in [4.78, 5) is 15.5. The van der Waals surface area contributed by atoms with Gasteiger partial charge >= 0.3 is 0 Å². The average molecular weight is 420 g/mol. The number of carbonyl (C=O) groups excluding carboxylic acids is 1. The zero-order valence-electron chi connectivity index (χ0n) is 17.8. The van der Waals surface area contributed by atoms with Gasteiger partial charge in [0.15, 0.2) is 0 Å². The van der Waals surface area contributed by atoms with Crippen molar-refractivity contribution in [3.63, 3.8) is 0 Å². The number of para-hydroxylation sites is 1. The van der Waals surface area contributed by atoms with Crippen molar-refractivity contribution in [2.75, 3.05) is 12.0 Å². The van der Waals surface area contributed by atoms with E-state index in [-0.39, 0.29) is 16.9 Å². The Kier molecular flexibility index (Phi) is 5.11. The van der Waals surface area contributed by atoms with Crippen LogP contribution in [-0.4, -0.2) is 18.6 Å². The van der Waals surface area contributed by atoms with Crippen molar-refractivity contribution in [1.29, 1.82) is 0 Å². The van der Waals surface area contributed by atoms with Crippen molar-refractivity contribution < 1.29 is 9.53 Å². The minimum atomic E-state index is -0.389. The van der Waals surface area contributed by atoms with Crippen LogP contribution in [0.2, 0.25) is 5.02 Å². The van der Waals surface area contributed by atoms with Gasteiger partial charge < -0.3 is 9.64 Å². The first-order valence-electron chi connectivity index (χ1n) is 10.1. The fraction of sp³-hybridized carbons (Fsp3) is 0.269. The molecule has 0 N–H and O–H groups in total. The Morgan fingerprint density at radius 2 is 1.57 bits per heavy atom. The molecule has 1 aliphatic heterocycles. The number of methoxy groups -OCH3 is 1. The maximum absolute atomic E-state index is 13.6. The van der Waals surface area contributed by atoms with Crippen LogP contribution >= 0.6 is 11.6 Å². The first-order valence-corrected chi connectivity index (χ1v) is 10.5. The summed E-state index contributed by atoms with van der Waals surface area (Å²) in [6.07, 6.45) is 0.794. The highest BCUT2D eigenvalue weighted by Gasteiger charge is 2.47. The third kappa shape index (κ3) is 3.37. The van der Waals surface area contributed by atoms with Crippen molar-refractivity contribution in [3.05, 3.63) is 94.5 Å².